The van der Waals surface area contributed by atoms with Gasteiger partial charge in [-0.2, -0.15) is 11.8 Å². The SMILES string of the molecule is COc1ccccc1C(=O)NC(CCSC)C(=O)Nc1ccc(C)c(C)c1. The molecule has 0 radical (unpaired) electrons. The molecular formula is C21H26N2O3S. The van der Waals surface area contributed by atoms with Gasteiger partial charge in [-0.15, -0.1) is 0 Å². The Morgan fingerprint density at radius 3 is 2.52 bits per heavy atom. The molecule has 0 heterocycles. The van der Waals surface area contributed by atoms with Crippen LogP contribution in [0.1, 0.15) is 27.9 Å². The van der Waals surface area contributed by atoms with Crippen molar-refractivity contribution in [1.29, 1.82) is 0 Å². The van der Waals surface area contributed by atoms with Crippen LogP contribution in [0.5, 0.6) is 5.75 Å². The van der Waals surface area contributed by atoms with Crippen LogP contribution in [-0.2, 0) is 4.79 Å². The van der Waals surface area contributed by atoms with Crippen LogP contribution in [0.4, 0.5) is 5.69 Å². The molecule has 0 saturated carbocycles. The Kier molecular flexibility index (Phi) is 7.73. The number of methoxy groups -OCH3 is 1. The summed E-state index contributed by atoms with van der Waals surface area (Å²) in [5, 5.41) is 5.75. The zero-order valence-corrected chi connectivity index (χ0v) is 17.0. The summed E-state index contributed by atoms with van der Waals surface area (Å²) in [6.07, 6.45) is 2.51. The third kappa shape index (κ3) is 5.76. The number of anilines is 1. The smallest absolute Gasteiger partial charge is 0.255 e. The van der Waals surface area contributed by atoms with Gasteiger partial charge in [0.05, 0.1) is 12.7 Å². The van der Waals surface area contributed by atoms with Gasteiger partial charge in [-0.3, -0.25) is 9.59 Å². The topological polar surface area (TPSA) is 67.4 Å². The molecule has 0 aliphatic carbocycles. The van der Waals surface area contributed by atoms with Crippen LogP contribution in [0.15, 0.2) is 42.5 Å². The first-order valence-electron chi connectivity index (χ1n) is 8.77. The highest BCUT2D eigenvalue weighted by Gasteiger charge is 2.22. The fourth-order valence-electron chi connectivity index (χ4n) is 2.62. The number of hydrogen-bond donors (Lipinski definition) is 2. The number of carbonyl (C=O) groups is 2. The molecule has 0 fully saturated rings. The lowest BCUT2D eigenvalue weighted by Gasteiger charge is -2.19. The average Bonchev–Trinajstić information content (AvgIpc) is 2.67. The lowest BCUT2D eigenvalue weighted by atomic mass is 10.1. The molecule has 2 amide bonds. The van der Waals surface area contributed by atoms with Crippen molar-refractivity contribution < 1.29 is 14.3 Å². The van der Waals surface area contributed by atoms with Gasteiger partial charge in [-0.1, -0.05) is 18.2 Å². The standard InChI is InChI=1S/C21H26N2O3S/c1-14-9-10-16(13-15(14)2)22-21(25)18(11-12-27-4)23-20(24)17-7-5-6-8-19(17)26-3/h5-10,13,18H,11-12H2,1-4H3,(H,22,25)(H,23,24). The predicted molar refractivity (Wildman–Crippen MR) is 112 cm³/mol. The van der Waals surface area contributed by atoms with E-state index in [0.717, 1.165) is 22.6 Å². The molecule has 144 valence electrons. The lowest BCUT2D eigenvalue weighted by Crippen LogP contribution is -2.44. The van der Waals surface area contributed by atoms with Gasteiger partial charge in [0.15, 0.2) is 0 Å². The van der Waals surface area contributed by atoms with Crippen molar-refractivity contribution in [3.05, 3.63) is 59.2 Å². The molecule has 0 saturated heterocycles. The molecule has 0 bridgehead atoms. The van der Waals surface area contributed by atoms with Gasteiger partial charge in [0.1, 0.15) is 11.8 Å². The third-order valence-corrected chi connectivity index (χ3v) is 5.00. The number of hydrogen-bond acceptors (Lipinski definition) is 4. The predicted octanol–water partition coefficient (Wildman–Crippen LogP) is 3.80. The zero-order chi connectivity index (χ0) is 19.8. The Bertz CT molecular complexity index is 808. The number of ether oxygens (including phenoxy) is 1. The summed E-state index contributed by atoms with van der Waals surface area (Å²) in [5.74, 6) is 0.689. The molecule has 0 aliphatic heterocycles. The summed E-state index contributed by atoms with van der Waals surface area (Å²) in [6, 6.07) is 12.1. The van der Waals surface area contributed by atoms with Gasteiger partial charge in [0, 0.05) is 5.69 Å². The van der Waals surface area contributed by atoms with E-state index in [1.165, 1.54) is 7.11 Å². The number of aryl methyl sites for hydroxylation is 2. The highest BCUT2D eigenvalue weighted by Crippen LogP contribution is 2.18. The number of benzene rings is 2. The van der Waals surface area contributed by atoms with Gasteiger partial charge in [-0.05, 0) is 67.7 Å². The van der Waals surface area contributed by atoms with E-state index >= 15 is 0 Å². The zero-order valence-electron chi connectivity index (χ0n) is 16.2. The summed E-state index contributed by atoms with van der Waals surface area (Å²) in [7, 11) is 1.52. The van der Waals surface area contributed by atoms with Crippen molar-refractivity contribution in [2.45, 2.75) is 26.3 Å². The fraction of sp³-hybridized carbons (Fsp3) is 0.333. The number of para-hydroxylation sites is 1. The molecular weight excluding hydrogens is 360 g/mol. The molecule has 0 aromatic heterocycles. The van der Waals surface area contributed by atoms with Crippen LogP contribution in [0.25, 0.3) is 0 Å². The molecule has 1 unspecified atom stereocenters. The summed E-state index contributed by atoms with van der Waals surface area (Å²) in [5.41, 5.74) is 3.40. The molecule has 6 heteroatoms. The summed E-state index contributed by atoms with van der Waals surface area (Å²) >= 11 is 1.63. The quantitative estimate of drug-likeness (QED) is 0.724. The Balaban J connectivity index is 2.14. The van der Waals surface area contributed by atoms with Gasteiger partial charge in [0.25, 0.3) is 5.91 Å². The number of carbonyl (C=O) groups excluding carboxylic acids is 2. The van der Waals surface area contributed by atoms with Crippen molar-refractivity contribution in [3.8, 4) is 5.75 Å². The summed E-state index contributed by atoms with van der Waals surface area (Å²) in [4.78, 5) is 25.4. The molecule has 2 rings (SSSR count). The first-order valence-corrected chi connectivity index (χ1v) is 10.2. The van der Waals surface area contributed by atoms with Crippen LogP contribution < -0.4 is 15.4 Å². The maximum Gasteiger partial charge on any atom is 0.255 e. The fourth-order valence-corrected chi connectivity index (χ4v) is 3.09. The van der Waals surface area contributed by atoms with E-state index in [1.54, 1.807) is 36.0 Å². The molecule has 2 aromatic rings. The largest absolute Gasteiger partial charge is 0.496 e. The minimum atomic E-state index is -0.628. The summed E-state index contributed by atoms with van der Waals surface area (Å²) in [6.45, 7) is 4.02. The first kappa shape index (κ1) is 20.8. The maximum absolute atomic E-state index is 12.8. The van der Waals surface area contributed by atoms with E-state index in [0.29, 0.717) is 17.7 Å². The van der Waals surface area contributed by atoms with E-state index < -0.39 is 6.04 Å². The Morgan fingerprint density at radius 2 is 1.85 bits per heavy atom. The van der Waals surface area contributed by atoms with E-state index in [4.69, 9.17) is 4.74 Å². The normalized spacial score (nSPS) is 11.6. The monoisotopic (exact) mass is 386 g/mol. The molecule has 2 N–H and O–H groups in total. The minimum absolute atomic E-state index is 0.226. The van der Waals surface area contributed by atoms with Crippen LogP contribution in [0, 0.1) is 13.8 Å². The Labute approximate surface area is 164 Å². The van der Waals surface area contributed by atoms with E-state index in [2.05, 4.69) is 10.6 Å². The van der Waals surface area contributed by atoms with Crippen molar-refractivity contribution in [3.63, 3.8) is 0 Å². The van der Waals surface area contributed by atoms with Crippen molar-refractivity contribution in [2.75, 3.05) is 24.4 Å². The van der Waals surface area contributed by atoms with Gasteiger partial charge < -0.3 is 15.4 Å². The number of nitrogens with one attached hydrogen (secondary N) is 2. The Morgan fingerprint density at radius 1 is 1.11 bits per heavy atom. The van der Waals surface area contributed by atoms with Crippen LogP contribution in [-0.4, -0.2) is 37.0 Å². The Hall–Kier alpha value is -2.47. The molecule has 0 aliphatic rings. The minimum Gasteiger partial charge on any atom is -0.496 e. The van der Waals surface area contributed by atoms with Crippen LogP contribution >= 0.6 is 11.8 Å². The van der Waals surface area contributed by atoms with Crippen LogP contribution in [0.3, 0.4) is 0 Å². The second-order valence-corrected chi connectivity index (χ2v) is 7.28. The molecule has 27 heavy (non-hydrogen) atoms. The molecule has 5 nitrogen and oxygen atoms in total. The highest BCUT2D eigenvalue weighted by atomic mass is 32.2. The third-order valence-electron chi connectivity index (χ3n) is 4.36. The average molecular weight is 387 g/mol. The first-order chi connectivity index (χ1) is 13.0. The van der Waals surface area contributed by atoms with Gasteiger partial charge in [0.2, 0.25) is 5.91 Å². The number of rotatable bonds is 8. The van der Waals surface area contributed by atoms with Crippen LogP contribution in [0.2, 0.25) is 0 Å². The summed E-state index contributed by atoms with van der Waals surface area (Å²) < 4.78 is 5.24. The number of amides is 2. The van der Waals surface area contributed by atoms with Gasteiger partial charge >= 0.3 is 0 Å². The number of thioether (sulfide) groups is 1. The highest BCUT2D eigenvalue weighted by molar-refractivity contribution is 7.98. The second kappa shape index (κ2) is 10.0. The van der Waals surface area contributed by atoms with Crippen molar-refractivity contribution in [2.24, 2.45) is 0 Å². The second-order valence-electron chi connectivity index (χ2n) is 6.30. The molecule has 0 spiro atoms. The molecule has 1 atom stereocenters. The van der Waals surface area contributed by atoms with E-state index in [9.17, 15) is 9.59 Å². The van der Waals surface area contributed by atoms with E-state index in [1.807, 2.05) is 38.3 Å². The van der Waals surface area contributed by atoms with Crippen molar-refractivity contribution >= 4 is 29.3 Å². The van der Waals surface area contributed by atoms with Gasteiger partial charge in [-0.25, -0.2) is 0 Å². The molecule has 2 aromatic carbocycles. The maximum atomic E-state index is 12.8. The lowest BCUT2D eigenvalue weighted by molar-refractivity contribution is -0.118. The van der Waals surface area contributed by atoms with E-state index in [-0.39, 0.29) is 11.8 Å². The van der Waals surface area contributed by atoms with Crippen molar-refractivity contribution in [1.82, 2.24) is 5.32 Å².